The zero-order valence-corrected chi connectivity index (χ0v) is 15.5. The number of primary amides is 1. The minimum atomic E-state index is -4.43. The maximum Gasteiger partial charge on any atom is 0.446 e. The number of aromatic nitrogens is 1. The van der Waals surface area contributed by atoms with Crippen LogP contribution in [0.4, 0.5) is 34.3 Å². The van der Waals surface area contributed by atoms with Gasteiger partial charge in [-0.05, 0) is 53.7 Å². The van der Waals surface area contributed by atoms with Gasteiger partial charge < -0.3 is 10.6 Å². The second-order valence-corrected chi connectivity index (χ2v) is 7.09. The highest BCUT2D eigenvalue weighted by Crippen LogP contribution is 2.37. The number of alkyl halides is 3. The molecule has 8 nitrogen and oxygen atoms in total. The molecule has 29 heavy (non-hydrogen) atoms. The van der Waals surface area contributed by atoms with Gasteiger partial charge in [0.1, 0.15) is 12.4 Å². The zero-order valence-electron chi connectivity index (χ0n) is 14.6. The van der Waals surface area contributed by atoms with Crippen molar-refractivity contribution in [2.45, 2.75) is 16.9 Å². The van der Waals surface area contributed by atoms with Gasteiger partial charge in [0.2, 0.25) is 0 Å². The predicted octanol–water partition coefficient (Wildman–Crippen LogP) is 3.15. The molecular formula is C17H14F3N5O3S. The third kappa shape index (κ3) is 5.16. The van der Waals surface area contributed by atoms with Crippen molar-refractivity contribution in [1.82, 2.24) is 9.88 Å². The van der Waals surface area contributed by atoms with E-state index < -0.39 is 23.5 Å². The summed E-state index contributed by atoms with van der Waals surface area (Å²) in [5, 5.41) is 2.31. The third-order valence-corrected chi connectivity index (χ3v) is 4.55. The van der Waals surface area contributed by atoms with E-state index in [1.165, 1.54) is 41.4 Å². The van der Waals surface area contributed by atoms with Gasteiger partial charge in [-0.15, -0.1) is 0 Å². The smallest absolute Gasteiger partial charge is 0.351 e. The van der Waals surface area contributed by atoms with E-state index in [0.717, 1.165) is 4.90 Å². The first-order chi connectivity index (χ1) is 13.6. The molecule has 0 atom stereocenters. The lowest BCUT2D eigenvalue weighted by Crippen LogP contribution is -2.32. The first-order valence-electron chi connectivity index (χ1n) is 8.11. The van der Waals surface area contributed by atoms with Crippen LogP contribution < -0.4 is 16.0 Å². The van der Waals surface area contributed by atoms with Crippen LogP contribution in [-0.4, -0.2) is 39.9 Å². The molecule has 0 unspecified atom stereocenters. The fourth-order valence-corrected chi connectivity index (χ4v) is 3.25. The Morgan fingerprint density at radius 1 is 1.21 bits per heavy atom. The van der Waals surface area contributed by atoms with Crippen molar-refractivity contribution in [1.29, 1.82) is 0 Å². The summed E-state index contributed by atoms with van der Waals surface area (Å²) in [6, 6.07) is 6.68. The van der Waals surface area contributed by atoms with E-state index in [0.29, 0.717) is 5.56 Å². The van der Waals surface area contributed by atoms with E-state index in [9.17, 15) is 27.6 Å². The van der Waals surface area contributed by atoms with Crippen LogP contribution in [-0.2, 0) is 11.3 Å². The SMILES string of the molecule is NC(=O)Nc1cc(CN2CC(=O)N(c3ccc(SC(F)(F)F)cc3)C2=O)ccn1. The number of rotatable bonds is 5. The van der Waals surface area contributed by atoms with Gasteiger partial charge in [0.15, 0.2) is 0 Å². The molecule has 0 radical (unpaired) electrons. The maximum atomic E-state index is 12.6. The average molecular weight is 425 g/mol. The molecule has 2 heterocycles. The number of benzene rings is 1. The summed E-state index contributed by atoms with van der Waals surface area (Å²) in [6.45, 7) is -0.127. The Hall–Kier alpha value is -3.28. The molecule has 5 amide bonds. The molecule has 2 aromatic rings. The van der Waals surface area contributed by atoms with Crippen LogP contribution in [0.3, 0.4) is 0 Å². The second kappa shape index (κ2) is 7.99. The number of imide groups is 1. The Labute approximate surface area is 166 Å². The summed E-state index contributed by atoms with van der Waals surface area (Å²) in [7, 11) is 0. The number of hydrogen-bond acceptors (Lipinski definition) is 5. The molecule has 0 bridgehead atoms. The second-order valence-electron chi connectivity index (χ2n) is 5.95. The van der Waals surface area contributed by atoms with Crippen LogP contribution in [0, 0.1) is 0 Å². The summed E-state index contributed by atoms with van der Waals surface area (Å²) in [5.41, 5.74) is 1.39. The minimum Gasteiger partial charge on any atom is -0.351 e. The number of carbonyl (C=O) groups excluding carboxylic acids is 3. The number of amides is 5. The average Bonchev–Trinajstić information content (AvgIpc) is 2.88. The van der Waals surface area contributed by atoms with Crippen LogP contribution in [0.15, 0.2) is 47.5 Å². The first-order valence-corrected chi connectivity index (χ1v) is 8.93. The van der Waals surface area contributed by atoms with Crippen molar-refractivity contribution in [2.24, 2.45) is 5.73 Å². The number of nitrogens with zero attached hydrogens (tertiary/aromatic N) is 3. The molecule has 12 heteroatoms. The Bertz CT molecular complexity index is 952. The van der Waals surface area contributed by atoms with Crippen molar-refractivity contribution >= 4 is 41.2 Å². The van der Waals surface area contributed by atoms with Gasteiger partial charge in [0.25, 0.3) is 5.91 Å². The van der Waals surface area contributed by atoms with Gasteiger partial charge in [0.05, 0.1) is 5.69 Å². The van der Waals surface area contributed by atoms with E-state index in [-0.39, 0.29) is 41.3 Å². The van der Waals surface area contributed by atoms with Crippen LogP contribution in [0.25, 0.3) is 0 Å². The van der Waals surface area contributed by atoms with Crippen molar-refractivity contribution in [3.8, 4) is 0 Å². The molecule has 0 spiro atoms. The molecular weight excluding hydrogens is 411 g/mol. The summed E-state index contributed by atoms with van der Waals surface area (Å²) in [6.07, 6.45) is 1.41. The van der Waals surface area contributed by atoms with Gasteiger partial charge in [-0.3, -0.25) is 10.1 Å². The number of carbonyl (C=O) groups is 3. The number of halogens is 3. The van der Waals surface area contributed by atoms with Crippen molar-refractivity contribution < 1.29 is 27.6 Å². The molecule has 152 valence electrons. The molecule has 1 aromatic carbocycles. The fraction of sp³-hybridized carbons (Fsp3) is 0.176. The number of nitrogens with one attached hydrogen (secondary N) is 1. The Balaban J connectivity index is 1.72. The lowest BCUT2D eigenvalue weighted by Gasteiger charge is -2.17. The van der Waals surface area contributed by atoms with E-state index in [1.807, 2.05) is 0 Å². The predicted molar refractivity (Wildman–Crippen MR) is 99.1 cm³/mol. The van der Waals surface area contributed by atoms with Crippen LogP contribution in [0.5, 0.6) is 0 Å². The lowest BCUT2D eigenvalue weighted by atomic mass is 10.2. The number of nitrogens with two attached hydrogens (primary N) is 1. The Morgan fingerprint density at radius 3 is 2.52 bits per heavy atom. The molecule has 1 saturated heterocycles. The molecule has 1 fully saturated rings. The van der Waals surface area contributed by atoms with Gasteiger partial charge in [-0.25, -0.2) is 19.5 Å². The molecule has 0 saturated carbocycles. The van der Waals surface area contributed by atoms with Crippen molar-refractivity contribution in [2.75, 3.05) is 16.8 Å². The quantitative estimate of drug-likeness (QED) is 0.565. The van der Waals surface area contributed by atoms with Crippen LogP contribution in [0.1, 0.15) is 5.56 Å². The van der Waals surface area contributed by atoms with Crippen molar-refractivity contribution in [3.05, 3.63) is 48.2 Å². The summed E-state index contributed by atoms with van der Waals surface area (Å²) >= 11 is -0.282. The largest absolute Gasteiger partial charge is 0.446 e. The molecule has 1 aliphatic heterocycles. The van der Waals surface area contributed by atoms with E-state index in [4.69, 9.17) is 5.73 Å². The first kappa shape index (κ1) is 20.5. The summed E-state index contributed by atoms with van der Waals surface area (Å²) in [4.78, 5) is 41.9. The minimum absolute atomic E-state index is 0.0523. The van der Waals surface area contributed by atoms with E-state index >= 15 is 0 Å². The third-order valence-electron chi connectivity index (χ3n) is 3.81. The molecule has 0 aliphatic carbocycles. The number of pyridine rings is 1. The molecule has 1 aliphatic rings. The van der Waals surface area contributed by atoms with Gasteiger partial charge in [0, 0.05) is 17.6 Å². The Kier molecular flexibility index (Phi) is 5.64. The highest BCUT2D eigenvalue weighted by Gasteiger charge is 2.37. The van der Waals surface area contributed by atoms with Crippen molar-refractivity contribution in [3.63, 3.8) is 0 Å². The number of thioether (sulfide) groups is 1. The highest BCUT2D eigenvalue weighted by atomic mass is 32.2. The monoisotopic (exact) mass is 425 g/mol. The zero-order chi connectivity index (χ0) is 21.2. The molecule has 3 N–H and O–H groups in total. The number of hydrogen-bond donors (Lipinski definition) is 2. The van der Waals surface area contributed by atoms with E-state index in [2.05, 4.69) is 10.3 Å². The molecule has 1 aromatic heterocycles. The Morgan fingerprint density at radius 2 is 1.90 bits per heavy atom. The van der Waals surface area contributed by atoms with Gasteiger partial charge in [-0.2, -0.15) is 13.2 Å². The van der Waals surface area contributed by atoms with Crippen LogP contribution in [0.2, 0.25) is 0 Å². The normalized spacial score (nSPS) is 14.4. The fourth-order valence-electron chi connectivity index (χ4n) is 2.71. The number of anilines is 2. The maximum absolute atomic E-state index is 12.6. The lowest BCUT2D eigenvalue weighted by molar-refractivity contribution is -0.116. The van der Waals surface area contributed by atoms with Crippen LogP contribution >= 0.6 is 11.8 Å². The summed E-state index contributed by atoms with van der Waals surface area (Å²) < 4.78 is 37.3. The number of urea groups is 2. The topological polar surface area (TPSA) is 109 Å². The highest BCUT2D eigenvalue weighted by molar-refractivity contribution is 8.00. The van der Waals surface area contributed by atoms with Gasteiger partial charge in [-0.1, -0.05) is 0 Å². The summed E-state index contributed by atoms with van der Waals surface area (Å²) in [5.74, 6) is -0.307. The molecule has 3 rings (SSSR count). The standard InChI is InChI=1S/C17H14F3N5O3S/c18-17(19,20)29-12-3-1-11(2-4-12)25-14(26)9-24(16(25)28)8-10-5-6-22-13(7-10)23-15(21)27/h1-7H,8-9H2,(H3,21,22,23,27). The van der Waals surface area contributed by atoms with Gasteiger partial charge >= 0.3 is 17.6 Å². The van der Waals surface area contributed by atoms with E-state index in [1.54, 1.807) is 6.07 Å².